The molecular formula is C12H14N4O2S. The van der Waals surface area contributed by atoms with E-state index in [1.165, 1.54) is 18.7 Å². The van der Waals surface area contributed by atoms with Crippen molar-refractivity contribution in [3.05, 3.63) is 27.9 Å². The molecule has 0 saturated heterocycles. The number of rotatable bonds is 5. The molecule has 0 atom stereocenters. The molecule has 19 heavy (non-hydrogen) atoms. The van der Waals surface area contributed by atoms with Crippen LogP contribution in [0.15, 0.2) is 12.3 Å². The van der Waals surface area contributed by atoms with Gasteiger partial charge in [0.15, 0.2) is 0 Å². The number of nitrogens with zero attached hydrogens (tertiary/aromatic N) is 3. The average Bonchev–Trinajstić information content (AvgIpc) is 2.38. The number of nitro groups is 1. The summed E-state index contributed by atoms with van der Waals surface area (Å²) in [6.45, 7) is 0.661. The molecule has 0 bridgehead atoms. The van der Waals surface area contributed by atoms with Crippen LogP contribution in [0.3, 0.4) is 0 Å². The summed E-state index contributed by atoms with van der Waals surface area (Å²) >= 11 is 1.79. The van der Waals surface area contributed by atoms with Crippen molar-refractivity contribution in [3.8, 4) is 6.07 Å². The second-order valence-electron chi connectivity index (χ2n) is 4.55. The quantitative estimate of drug-likeness (QED) is 0.657. The van der Waals surface area contributed by atoms with Gasteiger partial charge in [-0.05, 0) is 19.1 Å². The van der Waals surface area contributed by atoms with Crippen LogP contribution in [0.2, 0.25) is 0 Å². The summed E-state index contributed by atoms with van der Waals surface area (Å²) in [5, 5.41) is 22.8. The number of hydrogen-bond acceptors (Lipinski definition) is 6. The van der Waals surface area contributed by atoms with Gasteiger partial charge in [-0.15, -0.1) is 0 Å². The SMILES string of the molecule is CSC1(CNc2ncc(C#N)cc2[N+](=O)[O-])CCC1. The van der Waals surface area contributed by atoms with Crippen molar-refractivity contribution in [1.29, 1.82) is 5.26 Å². The normalized spacial score (nSPS) is 16.2. The minimum atomic E-state index is -0.511. The minimum absolute atomic E-state index is 0.144. The van der Waals surface area contributed by atoms with E-state index in [1.54, 1.807) is 11.8 Å². The van der Waals surface area contributed by atoms with Crippen molar-refractivity contribution in [2.24, 2.45) is 0 Å². The lowest BCUT2D eigenvalue weighted by molar-refractivity contribution is -0.384. The fourth-order valence-electron chi connectivity index (χ4n) is 2.06. The summed E-state index contributed by atoms with van der Waals surface area (Å²) in [5.41, 5.74) is 0.0510. The topological polar surface area (TPSA) is 91.8 Å². The van der Waals surface area contributed by atoms with E-state index in [0.29, 0.717) is 6.54 Å². The predicted molar refractivity (Wildman–Crippen MR) is 74.2 cm³/mol. The van der Waals surface area contributed by atoms with Crippen LogP contribution < -0.4 is 5.32 Å². The zero-order chi connectivity index (χ0) is 13.9. The Kier molecular flexibility index (Phi) is 3.90. The van der Waals surface area contributed by atoms with Gasteiger partial charge in [-0.3, -0.25) is 10.1 Å². The molecule has 1 heterocycles. The molecule has 1 fully saturated rings. The Balaban J connectivity index is 2.16. The molecule has 0 aromatic carbocycles. The fraction of sp³-hybridized carbons (Fsp3) is 0.500. The van der Waals surface area contributed by atoms with Gasteiger partial charge in [-0.1, -0.05) is 6.42 Å². The first-order chi connectivity index (χ1) is 9.10. The maximum Gasteiger partial charge on any atom is 0.312 e. The van der Waals surface area contributed by atoms with Crippen molar-refractivity contribution < 1.29 is 4.92 Å². The smallest absolute Gasteiger partial charge is 0.312 e. The molecule has 6 nitrogen and oxygen atoms in total. The summed E-state index contributed by atoms with van der Waals surface area (Å²) in [5.74, 6) is 0.240. The van der Waals surface area contributed by atoms with Crippen LogP contribution in [0.4, 0.5) is 11.5 Å². The highest BCUT2D eigenvalue weighted by molar-refractivity contribution is 8.00. The zero-order valence-electron chi connectivity index (χ0n) is 10.5. The minimum Gasteiger partial charge on any atom is -0.363 e. The first-order valence-electron chi connectivity index (χ1n) is 5.94. The lowest BCUT2D eigenvalue weighted by Crippen LogP contribution is -2.40. The molecule has 2 rings (SSSR count). The Hall–Kier alpha value is -1.81. The first kappa shape index (κ1) is 13.6. The molecular weight excluding hydrogens is 264 g/mol. The lowest BCUT2D eigenvalue weighted by atomic mass is 9.84. The second kappa shape index (κ2) is 5.45. The van der Waals surface area contributed by atoms with E-state index in [9.17, 15) is 10.1 Å². The molecule has 1 aliphatic rings. The number of aromatic nitrogens is 1. The molecule has 1 aliphatic carbocycles. The maximum atomic E-state index is 11.0. The lowest BCUT2D eigenvalue weighted by Gasteiger charge is -2.40. The summed E-state index contributed by atoms with van der Waals surface area (Å²) in [6.07, 6.45) is 6.84. The number of pyridine rings is 1. The van der Waals surface area contributed by atoms with Gasteiger partial charge in [-0.2, -0.15) is 17.0 Å². The van der Waals surface area contributed by atoms with Crippen LogP contribution in [0.1, 0.15) is 24.8 Å². The molecule has 0 aliphatic heterocycles. The first-order valence-corrected chi connectivity index (χ1v) is 7.16. The highest BCUT2D eigenvalue weighted by Gasteiger charge is 2.36. The van der Waals surface area contributed by atoms with Crippen molar-refractivity contribution in [2.75, 3.05) is 18.1 Å². The molecule has 1 saturated carbocycles. The van der Waals surface area contributed by atoms with Crippen LogP contribution in [0.25, 0.3) is 0 Å². The van der Waals surface area contributed by atoms with Gasteiger partial charge in [0.25, 0.3) is 0 Å². The molecule has 1 N–H and O–H groups in total. The average molecular weight is 278 g/mol. The van der Waals surface area contributed by atoms with E-state index >= 15 is 0 Å². The molecule has 0 spiro atoms. The number of anilines is 1. The number of hydrogen-bond donors (Lipinski definition) is 1. The van der Waals surface area contributed by atoms with Gasteiger partial charge in [0.1, 0.15) is 6.07 Å². The van der Waals surface area contributed by atoms with Gasteiger partial charge >= 0.3 is 5.69 Å². The summed E-state index contributed by atoms with van der Waals surface area (Å²) in [7, 11) is 0. The standard InChI is InChI=1S/C12H14N4O2S/c1-19-12(3-2-4-12)8-15-11-10(16(17)18)5-9(6-13)7-14-11/h5,7H,2-4,8H2,1H3,(H,14,15). The molecule has 0 radical (unpaired) electrons. The Morgan fingerprint density at radius 2 is 2.42 bits per heavy atom. The zero-order valence-corrected chi connectivity index (χ0v) is 11.4. The third-order valence-electron chi connectivity index (χ3n) is 3.47. The number of nitriles is 1. The molecule has 100 valence electrons. The van der Waals surface area contributed by atoms with Crippen molar-refractivity contribution in [1.82, 2.24) is 4.98 Å². The molecule has 0 unspecified atom stereocenters. The third kappa shape index (κ3) is 2.79. The van der Waals surface area contributed by atoms with Crippen LogP contribution >= 0.6 is 11.8 Å². The maximum absolute atomic E-state index is 11.0. The van der Waals surface area contributed by atoms with E-state index in [1.807, 2.05) is 6.07 Å². The van der Waals surface area contributed by atoms with E-state index in [2.05, 4.69) is 16.6 Å². The third-order valence-corrected chi connectivity index (χ3v) is 4.89. The van der Waals surface area contributed by atoms with E-state index in [0.717, 1.165) is 12.8 Å². The molecule has 7 heteroatoms. The van der Waals surface area contributed by atoms with E-state index in [-0.39, 0.29) is 21.8 Å². The van der Waals surface area contributed by atoms with Crippen molar-refractivity contribution >= 4 is 23.3 Å². The summed E-state index contributed by atoms with van der Waals surface area (Å²) < 4.78 is 0.170. The monoisotopic (exact) mass is 278 g/mol. The Morgan fingerprint density at radius 3 is 2.89 bits per heavy atom. The van der Waals surface area contributed by atoms with E-state index < -0.39 is 4.92 Å². The van der Waals surface area contributed by atoms with Crippen molar-refractivity contribution in [2.45, 2.75) is 24.0 Å². The molecule has 1 aromatic rings. The van der Waals surface area contributed by atoms with Crippen LogP contribution in [-0.2, 0) is 0 Å². The van der Waals surface area contributed by atoms with Gasteiger partial charge in [-0.25, -0.2) is 4.98 Å². The molecule has 1 aromatic heterocycles. The Labute approximate surface area is 115 Å². The Morgan fingerprint density at radius 1 is 1.68 bits per heavy atom. The van der Waals surface area contributed by atoms with Gasteiger partial charge in [0.05, 0.1) is 10.5 Å². The van der Waals surface area contributed by atoms with Gasteiger partial charge in [0.2, 0.25) is 5.82 Å². The summed E-state index contributed by atoms with van der Waals surface area (Å²) in [4.78, 5) is 14.4. The highest BCUT2D eigenvalue weighted by atomic mass is 32.2. The van der Waals surface area contributed by atoms with Crippen molar-refractivity contribution in [3.63, 3.8) is 0 Å². The van der Waals surface area contributed by atoms with Crippen LogP contribution in [-0.4, -0.2) is 27.5 Å². The van der Waals surface area contributed by atoms with Gasteiger partial charge < -0.3 is 5.32 Å². The Bertz CT molecular complexity index is 532. The number of nitrogens with one attached hydrogen (secondary N) is 1. The van der Waals surface area contributed by atoms with Crippen LogP contribution in [0.5, 0.6) is 0 Å². The largest absolute Gasteiger partial charge is 0.363 e. The number of thioether (sulfide) groups is 1. The summed E-state index contributed by atoms with van der Waals surface area (Å²) in [6, 6.07) is 3.11. The van der Waals surface area contributed by atoms with Crippen LogP contribution in [0, 0.1) is 21.4 Å². The van der Waals surface area contributed by atoms with E-state index in [4.69, 9.17) is 5.26 Å². The highest BCUT2D eigenvalue weighted by Crippen LogP contribution is 2.43. The fourth-order valence-corrected chi connectivity index (χ4v) is 2.97. The van der Waals surface area contributed by atoms with Gasteiger partial charge in [0, 0.05) is 23.6 Å². The second-order valence-corrected chi connectivity index (χ2v) is 5.83. The predicted octanol–water partition coefficient (Wildman–Crippen LogP) is 2.56. The molecule has 0 amide bonds.